The Balaban J connectivity index is 1.96. The molecule has 0 spiro atoms. The molecule has 2 aromatic carbocycles. The van der Waals surface area contributed by atoms with Crippen LogP contribution < -0.4 is 4.74 Å². The molecule has 0 amide bonds. The number of hydrogen-bond donors (Lipinski definition) is 1. The molecule has 3 aromatic rings. The predicted molar refractivity (Wildman–Crippen MR) is 111 cm³/mol. The van der Waals surface area contributed by atoms with Gasteiger partial charge in [-0.25, -0.2) is 4.79 Å². The molecule has 1 atom stereocenters. The monoisotopic (exact) mass is 394 g/mol. The van der Waals surface area contributed by atoms with E-state index in [0.717, 1.165) is 52.8 Å². The quantitative estimate of drug-likeness (QED) is 0.617. The fourth-order valence-corrected chi connectivity index (χ4v) is 3.90. The van der Waals surface area contributed by atoms with Gasteiger partial charge in [0.15, 0.2) is 5.76 Å². The first-order valence-corrected chi connectivity index (χ1v) is 9.93. The van der Waals surface area contributed by atoms with Gasteiger partial charge in [-0.1, -0.05) is 18.2 Å². The van der Waals surface area contributed by atoms with Crippen LogP contribution in [0.5, 0.6) is 5.75 Å². The molecule has 2 heterocycles. The lowest BCUT2D eigenvalue weighted by atomic mass is 9.94. The van der Waals surface area contributed by atoms with E-state index in [1.807, 2.05) is 58.0 Å². The predicted octanol–water partition coefficient (Wildman–Crippen LogP) is 5.67. The Morgan fingerprint density at radius 1 is 1.21 bits per heavy atom. The highest BCUT2D eigenvalue weighted by Crippen LogP contribution is 2.43. The zero-order valence-corrected chi connectivity index (χ0v) is 17.2. The second-order valence-corrected chi connectivity index (χ2v) is 8.51. The fraction of sp³-hybridized carbons (Fsp3) is 0.375. The molecule has 0 radical (unpaired) electrons. The Bertz CT molecular complexity index is 1070. The summed E-state index contributed by atoms with van der Waals surface area (Å²) in [6.45, 7) is 8.26. The summed E-state index contributed by atoms with van der Waals surface area (Å²) in [5, 5.41) is 10.9. The van der Waals surface area contributed by atoms with Crippen LogP contribution in [-0.2, 0) is 16.0 Å². The number of carbonyl (C=O) groups is 1. The smallest absolute Gasteiger partial charge is 0.340 e. The average molecular weight is 394 g/mol. The molecule has 1 aromatic heterocycles. The number of ether oxygens (including phenoxy) is 2. The summed E-state index contributed by atoms with van der Waals surface area (Å²) in [4.78, 5) is 12.2. The summed E-state index contributed by atoms with van der Waals surface area (Å²) in [6, 6.07) is 11.8. The van der Waals surface area contributed by atoms with Crippen LogP contribution in [0.15, 0.2) is 40.8 Å². The summed E-state index contributed by atoms with van der Waals surface area (Å²) in [5.41, 5.74) is 3.88. The van der Waals surface area contributed by atoms with Gasteiger partial charge in [-0.05, 0) is 75.4 Å². The minimum Gasteiger partial charge on any atom is -0.493 e. The van der Waals surface area contributed by atoms with Crippen LogP contribution in [0.4, 0.5) is 0 Å². The van der Waals surface area contributed by atoms with Crippen molar-refractivity contribution in [3.63, 3.8) is 0 Å². The number of rotatable bonds is 4. The van der Waals surface area contributed by atoms with Gasteiger partial charge < -0.3 is 19.0 Å². The van der Waals surface area contributed by atoms with Gasteiger partial charge in [-0.2, -0.15) is 0 Å². The summed E-state index contributed by atoms with van der Waals surface area (Å²) in [6.07, 6.45) is 0.706. The van der Waals surface area contributed by atoms with Crippen LogP contribution in [0.25, 0.3) is 22.1 Å². The lowest BCUT2D eigenvalue weighted by Gasteiger charge is -2.24. The molecule has 1 N–H and O–H groups in total. The van der Waals surface area contributed by atoms with Gasteiger partial charge in [-0.3, -0.25) is 0 Å². The van der Waals surface area contributed by atoms with Crippen LogP contribution in [-0.4, -0.2) is 23.3 Å². The van der Waals surface area contributed by atoms with Crippen molar-refractivity contribution in [2.45, 2.75) is 52.2 Å². The van der Waals surface area contributed by atoms with Crippen molar-refractivity contribution in [1.82, 2.24) is 0 Å². The van der Waals surface area contributed by atoms with Crippen LogP contribution in [0.1, 0.15) is 50.2 Å². The van der Waals surface area contributed by atoms with Crippen LogP contribution in [0.2, 0.25) is 0 Å². The van der Waals surface area contributed by atoms with Crippen molar-refractivity contribution in [2.75, 3.05) is 6.61 Å². The van der Waals surface area contributed by atoms with Gasteiger partial charge >= 0.3 is 5.97 Å². The van der Waals surface area contributed by atoms with Crippen molar-refractivity contribution < 1.29 is 23.8 Å². The van der Waals surface area contributed by atoms with Gasteiger partial charge in [0.25, 0.3) is 0 Å². The Morgan fingerprint density at radius 2 is 2.00 bits per heavy atom. The maximum absolute atomic E-state index is 12.2. The van der Waals surface area contributed by atoms with Crippen molar-refractivity contribution in [2.24, 2.45) is 0 Å². The zero-order chi connectivity index (χ0) is 20.8. The first kappa shape index (κ1) is 19.5. The van der Waals surface area contributed by atoms with Crippen LogP contribution in [0, 0.1) is 6.92 Å². The highest BCUT2D eigenvalue weighted by Gasteiger charge is 2.34. The number of fused-ring (bicyclic) bond motifs is 2. The maximum Gasteiger partial charge on any atom is 0.340 e. The minimum atomic E-state index is -1.20. The van der Waals surface area contributed by atoms with E-state index in [0.29, 0.717) is 11.3 Å². The number of benzene rings is 2. The number of hydrogen-bond acceptors (Lipinski definition) is 4. The summed E-state index contributed by atoms with van der Waals surface area (Å²) in [5.74, 6) is 0.152. The van der Waals surface area contributed by atoms with Crippen molar-refractivity contribution >= 4 is 16.9 Å². The van der Waals surface area contributed by atoms with Crippen LogP contribution in [0.3, 0.4) is 0 Å². The van der Waals surface area contributed by atoms with Gasteiger partial charge in [0, 0.05) is 10.9 Å². The van der Waals surface area contributed by atoms with E-state index in [2.05, 4.69) is 6.07 Å². The van der Waals surface area contributed by atoms with Gasteiger partial charge in [-0.15, -0.1) is 0 Å². The Kier molecular flexibility index (Phi) is 4.87. The highest BCUT2D eigenvalue weighted by atomic mass is 16.5. The van der Waals surface area contributed by atoms with Crippen molar-refractivity contribution in [3.8, 4) is 16.9 Å². The third-order valence-electron chi connectivity index (χ3n) is 5.08. The molecule has 0 saturated heterocycles. The molecule has 5 heteroatoms. The molecule has 1 unspecified atom stereocenters. The summed E-state index contributed by atoms with van der Waals surface area (Å²) in [7, 11) is 0. The van der Waals surface area contributed by atoms with Gasteiger partial charge in [0.05, 0.1) is 12.2 Å². The lowest BCUT2D eigenvalue weighted by molar-refractivity contribution is -0.162. The van der Waals surface area contributed by atoms with Gasteiger partial charge in [0.1, 0.15) is 11.3 Å². The molecule has 0 fully saturated rings. The van der Waals surface area contributed by atoms with E-state index in [-0.39, 0.29) is 0 Å². The number of furan rings is 1. The third-order valence-corrected chi connectivity index (χ3v) is 5.08. The van der Waals surface area contributed by atoms with Gasteiger partial charge in [0.2, 0.25) is 6.10 Å². The Labute approximate surface area is 170 Å². The molecule has 5 nitrogen and oxygen atoms in total. The number of aryl methyl sites for hydroxylation is 2. The minimum absolute atomic E-state index is 0.327. The SMILES string of the molecule is Cc1cccc2oc(C(OC(C)(C)C)C(=O)O)c(-c3ccc4c(c3)CCCO4)c12. The van der Waals surface area contributed by atoms with Crippen LogP contribution >= 0.6 is 0 Å². The van der Waals surface area contributed by atoms with E-state index in [4.69, 9.17) is 13.9 Å². The third kappa shape index (κ3) is 3.75. The lowest BCUT2D eigenvalue weighted by Crippen LogP contribution is -2.27. The molecule has 29 heavy (non-hydrogen) atoms. The largest absolute Gasteiger partial charge is 0.493 e. The van der Waals surface area contributed by atoms with E-state index >= 15 is 0 Å². The summed E-state index contributed by atoms with van der Waals surface area (Å²) < 4.78 is 17.8. The maximum atomic E-state index is 12.2. The molecule has 152 valence electrons. The molecular formula is C24H26O5. The molecular weight excluding hydrogens is 368 g/mol. The van der Waals surface area contributed by atoms with Crippen molar-refractivity contribution in [1.29, 1.82) is 0 Å². The highest BCUT2D eigenvalue weighted by molar-refractivity contribution is 5.99. The molecule has 1 aliphatic rings. The Hall–Kier alpha value is -2.79. The van der Waals surface area contributed by atoms with E-state index < -0.39 is 17.7 Å². The van der Waals surface area contributed by atoms with E-state index in [1.165, 1.54) is 0 Å². The van der Waals surface area contributed by atoms with E-state index in [1.54, 1.807) is 0 Å². The Morgan fingerprint density at radius 3 is 2.72 bits per heavy atom. The average Bonchev–Trinajstić information content (AvgIpc) is 3.05. The zero-order valence-electron chi connectivity index (χ0n) is 17.2. The first-order chi connectivity index (χ1) is 13.7. The number of carboxylic acid groups (broad SMARTS) is 1. The summed E-state index contributed by atoms with van der Waals surface area (Å²) >= 11 is 0. The topological polar surface area (TPSA) is 68.9 Å². The molecule has 0 aliphatic carbocycles. The van der Waals surface area contributed by atoms with Crippen molar-refractivity contribution in [3.05, 3.63) is 53.3 Å². The molecule has 1 aliphatic heterocycles. The standard InChI is InChI=1S/C24H26O5/c1-14-7-5-9-18-19(14)20(16-10-11-17-15(13-16)8-6-12-27-17)21(28-18)22(23(25)26)29-24(2,3)4/h5,7,9-11,13,22H,6,8,12H2,1-4H3,(H,25,26). The second kappa shape index (κ2) is 7.23. The number of aliphatic carboxylic acids is 1. The first-order valence-electron chi connectivity index (χ1n) is 9.93. The van der Waals surface area contributed by atoms with E-state index in [9.17, 15) is 9.90 Å². The molecule has 0 bridgehead atoms. The number of carboxylic acids is 1. The molecule has 0 saturated carbocycles. The second-order valence-electron chi connectivity index (χ2n) is 8.51. The fourth-order valence-electron chi connectivity index (χ4n) is 3.90. The normalized spacial score (nSPS) is 15.0. The molecule has 4 rings (SSSR count).